The Kier molecular flexibility index (Phi) is 7.02. The van der Waals surface area contributed by atoms with Crippen molar-refractivity contribution >= 4 is 35.0 Å². The summed E-state index contributed by atoms with van der Waals surface area (Å²) in [7, 11) is 0. The van der Waals surface area contributed by atoms with Crippen molar-refractivity contribution in [2.45, 2.75) is 12.5 Å². The number of carbonyl (C=O) groups excluding carboxylic acids is 1. The van der Waals surface area contributed by atoms with Crippen LogP contribution in [0.25, 0.3) is 0 Å². The number of aromatic amines is 1. The van der Waals surface area contributed by atoms with Gasteiger partial charge in [-0.3, -0.25) is 15.6 Å². The number of hydrogen-bond donors (Lipinski definition) is 8. The molecular weight excluding hydrogens is 536 g/mol. The van der Waals surface area contributed by atoms with Gasteiger partial charge >= 0.3 is 12.0 Å². The lowest BCUT2D eigenvalue weighted by Crippen LogP contribution is -2.39. The highest BCUT2D eigenvalue weighted by Gasteiger charge is 2.34. The van der Waals surface area contributed by atoms with E-state index < -0.39 is 23.8 Å². The standard InChI is InChI=1S/C25H22N10O6/c26-19(27)13-6-5-12(8-14(13)23(37)38)39-21-18-22(40-17(20(36)33-18)7-11-9-30-10-31-11)35-25(34-21)41-16-4-2-1-3-15(16)32-24(28)29/h1-6,8-10,17H,7H2,(H3,26,27)(H,30,31)(H,33,36)(H,37,38)(H4,28,29,32). The minimum Gasteiger partial charge on any atom is -0.478 e. The fourth-order valence-corrected chi connectivity index (χ4v) is 3.85. The topological polar surface area (TPSA) is 260 Å². The Morgan fingerprint density at radius 2 is 1.93 bits per heavy atom. The van der Waals surface area contributed by atoms with Gasteiger partial charge in [0, 0.05) is 18.2 Å². The maximum absolute atomic E-state index is 12.9. The van der Waals surface area contributed by atoms with Crippen LogP contribution >= 0.6 is 0 Å². The van der Waals surface area contributed by atoms with Gasteiger partial charge in [0.2, 0.25) is 5.88 Å². The number of guanidine groups is 1. The molecule has 1 unspecified atom stereocenters. The number of rotatable bonds is 9. The molecule has 16 nitrogen and oxygen atoms in total. The monoisotopic (exact) mass is 558 g/mol. The number of carbonyl (C=O) groups is 2. The molecule has 0 bridgehead atoms. The lowest BCUT2D eigenvalue weighted by atomic mass is 10.1. The van der Waals surface area contributed by atoms with Crippen molar-refractivity contribution in [2.75, 3.05) is 10.6 Å². The second-order valence-corrected chi connectivity index (χ2v) is 8.52. The number of fused-ring (bicyclic) bond motifs is 1. The Morgan fingerprint density at radius 1 is 1.12 bits per heavy atom. The molecule has 1 amide bonds. The lowest BCUT2D eigenvalue weighted by molar-refractivity contribution is -0.123. The third-order valence-electron chi connectivity index (χ3n) is 5.65. The Morgan fingerprint density at radius 3 is 2.63 bits per heavy atom. The highest BCUT2D eigenvalue weighted by molar-refractivity contribution is 6.05. The van der Waals surface area contributed by atoms with Crippen LogP contribution < -0.4 is 36.3 Å². The van der Waals surface area contributed by atoms with Crippen molar-refractivity contribution in [2.24, 2.45) is 11.5 Å². The number of H-pyrrole nitrogens is 1. The van der Waals surface area contributed by atoms with Crippen molar-refractivity contribution in [1.82, 2.24) is 19.9 Å². The first kappa shape index (κ1) is 26.4. The summed E-state index contributed by atoms with van der Waals surface area (Å²) < 4.78 is 17.6. The Hall–Kier alpha value is -6.19. The molecule has 0 fully saturated rings. The molecule has 1 atom stereocenters. The summed E-state index contributed by atoms with van der Waals surface area (Å²) in [4.78, 5) is 40.2. The highest BCUT2D eigenvalue weighted by Crippen LogP contribution is 2.41. The second-order valence-electron chi connectivity index (χ2n) is 8.52. The van der Waals surface area contributed by atoms with E-state index in [1.807, 2.05) is 0 Å². The zero-order valence-electron chi connectivity index (χ0n) is 21.0. The molecule has 0 spiro atoms. The maximum atomic E-state index is 12.9. The molecule has 1 aliphatic heterocycles. The third-order valence-corrected chi connectivity index (χ3v) is 5.65. The van der Waals surface area contributed by atoms with E-state index in [0.717, 1.165) is 6.07 Å². The summed E-state index contributed by atoms with van der Waals surface area (Å²) in [5.74, 6) is -2.70. The van der Waals surface area contributed by atoms with Crippen LogP contribution in [0.2, 0.25) is 0 Å². The first-order chi connectivity index (χ1) is 19.7. The van der Waals surface area contributed by atoms with Gasteiger partial charge in [-0.05, 0) is 30.3 Å². The number of amidine groups is 1. The van der Waals surface area contributed by atoms with Gasteiger partial charge in [-0.15, -0.1) is 0 Å². The van der Waals surface area contributed by atoms with Crippen LogP contribution in [-0.2, 0) is 11.2 Å². The average Bonchev–Trinajstić information content (AvgIpc) is 3.43. The van der Waals surface area contributed by atoms with Gasteiger partial charge < -0.3 is 46.4 Å². The van der Waals surface area contributed by atoms with Crippen LogP contribution in [0, 0.1) is 10.8 Å². The molecule has 2 aromatic heterocycles. The summed E-state index contributed by atoms with van der Waals surface area (Å²) in [6.07, 6.45) is 2.23. The lowest BCUT2D eigenvalue weighted by Gasteiger charge is -2.26. The van der Waals surface area contributed by atoms with Crippen LogP contribution in [-0.4, -0.2) is 54.8 Å². The molecule has 16 heteroatoms. The van der Waals surface area contributed by atoms with Crippen LogP contribution in [0.4, 0.5) is 11.4 Å². The summed E-state index contributed by atoms with van der Waals surface area (Å²) in [6, 6.07) is 10.2. The first-order valence-electron chi connectivity index (χ1n) is 11.8. The molecule has 0 radical (unpaired) electrons. The van der Waals surface area contributed by atoms with E-state index in [9.17, 15) is 14.7 Å². The molecule has 1 aliphatic rings. The van der Waals surface area contributed by atoms with Gasteiger partial charge in [0.05, 0.1) is 23.3 Å². The predicted octanol–water partition coefficient (Wildman–Crippen LogP) is 2.01. The van der Waals surface area contributed by atoms with Gasteiger partial charge in [0.1, 0.15) is 11.6 Å². The fourth-order valence-electron chi connectivity index (χ4n) is 3.85. The number of imidazole rings is 1. The molecule has 2 aromatic carbocycles. The fraction of sp³-hybridized carbons (Fsp3) is 0.0800. The first-order valence-corrected chi connectivity index (χ1v) is 11.8. The number of nitrogens with zero attached hydrogens (tertiary/aromatic N) is 3. The number of nitrogens with two attached hydrogens (primary N) is 2. The van der Waals surface area contributed by atoms with Crippen molar-refractivity contribution < 1.29 is 28.9 Å². The van der Waals surface area contributed by atoms with Gasteiger partial charge in [-0.2, -0.15) is 9.97 Å². The number of para-hydroxylation sites is 2. The normalized spacial score (nSPS) is 13.8. The van der Waals surface area contributed by atoms with Gasteiger partial charge in [-0.1, -0.05) is 12.1 Å². The maximum Gasteiger partial charge on any atom is 0.336 e. The molecule has 208 valence electrons. The minimum atomic E-state index is -1.33. The van der Waals surface area contributed by atoms with Crippen molar-refractivity contribution in [3.8, 4) is 29.3 Å². The molecule has 4 aromatic rings. The number of amides is 1. The number of nitrogen functional groups attached to an aromatic ring is 1. The largest absolute Gasteiger partial charge is 0.478 e. The van der Waals surface area contributed by atoms with Crippen molar-refractivity contribution in [3.05, 3.63) is 71.8 Å². The quantitative estimate of drug-likeness (QED) is 0.108. The van der Waals surface area contributed by atoms with E-state index in [4.69, 9.17) is 36.5 Å². The number of hydrogen-bond acceptors (Lipinski definition) is 10. The number of ether oxygens (including phenoxy) is 3. The number of carboxylic acids is 1. The number of benzene rings is 2. The van der Waals surface area contributed by atoms with E-state index in [1.165, 1.54) is 18.5 Å². The zero-order valence-corrected chi connectivity index (χ0v) is 21.0. The molecule has 10 N–H and O–H groups in total. The predicted molar refractivity (Wildman–Crippen MR) is 144 cm³/mol. The zero-order chi connectivity index (χ0) is 29.1. The van der Waals surface area contributed by atoms with Gasteiger partial charge in [-0.25, -0.2) is 9.78 Å². The smallest absolute Gasteiger partial charge is 0.336 e. The Balaban J connectivity index is 1.55. The minimum absolute atomic E-state index is 0.00536. The van der Waals surface area contributed by atoms with Gasteiger partial charge in [0.25, 0.3) is 11.8 Å². The third kappa shape index (κ3) is 5.80. The SMILES string of the molecule is N=C(N)Nc1ccccc1Oc1nc(Oc2ccc(C(=N)N)c(C(=O)O)c2)c2c(n1)OC(Cc1c[nH]cn1)C(=O)N2. The van der Waals surface area contributed by atoms with Crippen LogP contribution in [0.5, 0.6) is 29.3 Å². The van der Waals surface area contributed by atoms with E-state index in [-0.39, 0.29) is 58.5 Å². The molecule has 5 rings (SSSR count). The summed E-state index contributed by atoms with van der Waals surface area (Å²) >= 11 is 0. The Bertz CT molecular complexity index is 1670. The summed E-state index contributed by atoms with van der Waals surface area (Å²) in [5.41, 5.74) is 11.6. The van der Waals surface area contributed by atoms with Gasteiger partial charge in [0.15, 0.2) is 23.5 Å². The molecule has 0 saturated heterocycles. The Labute approximate surface area is 230 Å². The summed E-state index contributed by atoms with van der Waals surface area (Å²) in [6.45, 7) is 0. The van der Waals surface area contributed by atoms with E-state index in [2.05, 4.69) is 30.6 Å². The van der Waals surface area contributed by atoms with E-state index in [1.54, 1.807) is 30.5 Å². The average molecular weight is 559 g/mol. The number of carboxylic acid groups (broad SMARTS) is 1. The summed E-state index contributed by atoms with van der Waals surface area (Å²) in [5, 5.41) is 30.1. The number of aromatic nitrogens is 4. The molecule has 0 saturated carbocycles. The molecule has 3 heterocycles. The highest BCUT2D eigenvalue weighted by atomic mass is 16.5. The number of aromatic carboxylic acids is 1. The molecule has 0 aliphatic carbocycles. The van der Waals surface area contributed by atoms with Crippen LogP contribution in [0.1, 0.15) is 21.6 Å². The molecular formula is C25H22N10O6. The number of nitrogens with one attached hydrogen (secondary N) is 5. The van der Waals surface area contributed by atoms with E-state index >= 15 is 0 Å². The van der Waals surface area contributed by atoms with Crippen molar-refractivity contribution in [1.29, 1.82) is 10.8 Å². The van der Waals surface area contributed by atoms with Crippen LogP contribution in [0.3, 0.4) is 0 Å². The van der Waals surface area contributed by atoms with E-state index in [0.29, 0.717) is 11.4 Å². The second kappa shape index (κ2) is 10.9. The molecule has 41 heavy (non-hydrogen) atoms. The van der Waals surface area contributed by atoms with Crippen LogP contribution in [0.15, 0.2) is 55.0 Å². The van der Waals surface area contributed by atoms with Crippen molar-refractivity contribution in [3.63, 3.8) is 0 Å². The number of anilines is 2.